The van der Waals surface area contributed by atoms with Crippen LogP contribution in [-0.4, -0.2) is 46.9 Å². The fourth-order valence-corrected chi connectivity index (χ4v) is 2.10. The number of rotatable bonds is 1. The molecule has 0 spiro atoms. The molecule has 0 aromatic rings. The van der Waals surface area contributed by atoms with Gasteiger partial charge >= 0.3 is 18.2 Å². The standard InChI is InChI=1S/C12H18F3NO4/c1-10(2,3)20-9(19)16-5-7(8(17)18)11(4,6-16)12(13,14)15/h7H,5-6H2,1-4H3,(H,17,18). The number of hydrogen-bond acceptors (Lipinski definition) is 3. The molecule has 1 heterocycles. The number of aliphatic carboxylic acids is 1. The Balaban J connectivity index is 2.98. The fourth-order valence-electron chi connectivity index (χ4n) is 2.10. The zero-order valence-corrected chi connectivity index (χ0v) is 11.7. The smallest absolute Gasteiger partial charge is 0.410 e. The van der Waals surface area contributed by atoms with Crippen molar-refractivity contribution in [3.05, 3.63) is 0 Å². The van der Waals surface area contributed by atoms with E-state index < -0.39 is 48.3 Å². The summed E-state index contributed by atoms with van der Waals surface area (Å²) in [5.74, 6) is -3.27. The molecule has 0 bridgehead atoms. The third-order valence-electron chi connectivity index (χ3n) is 3.29. The Kier molecular flexibility index (Phi) is 4.00. The van der Waals surface area contributed by atoms with Crippen LogP contribution < -0.4 is 0 Å². The lowest BCUT2D eigenvalue weighted by Crippen LogP contribution is -2.45. The summed E-state index contributed by atoms with van der Waals surface area (Å²) < 4.78 is 44.2. The summed E-state index contributed by atoms with van der Waals surface area (Å²) in [6.07, 6.45) is -5.65. The van der Waals surface area contributed by atoms with Gasteiger partial charge in [0, 0.05) is 13.1 Å². The number of hydrogen-bond donors (Lipinski definition) is 1. The number of carboxylic acid groups (broad SMARTS) is 1. The Bertz CT molecular complexity index is 416. The number of alkyl halides is 3. The molecule has 116 valence electrons. The van der Waals surface area contributed by atoms with Crippen molar-refractivity contribution in [1.29, 1.82) is 0 Å². The van der Waals surface area contributed by atoms with E-state index in [1.807, 2.05) is 0 Å². The van der Waals surface area contributed by atoms with Gasteiger partial charge in [-0.05, 0) is 27.7 Å². The number of amides is 1. The van der Waals surface area contributed by atoms with Crippen LogP contribution in [0.5, 0.6) is 0 Å². The Morgan fingerprint density at radius 1 is 1.30 bits per heavy atom. The molecule has 1 aliphatic rings. The number of carbonyl (C=O) groups is 2. The molecular weight excluding hydrogens is 279 g/mol. The summed E-state index contributed by atoms with van der Waals surface area (Å²) in [5, 5.41) is 8.97. The summed E-state index contributed by atoms with van der Waals surface area (Å²) in [7, 11) is 0. The van der Waals surface area contributed by atoms with Crippen LogP contribution in [0.25, 0.3) is 0 Å². The highest BCUT2D eigenvalue weighted by atomic mass is 19.4. The van der Waals surface area contributed by atoms with Crippen LogP contribution in [0.3, 0.4) is 0 Å². The minimum Gasteiger partial charge on any atom is -0.481 e. The topological polar surface area (TPSA) is 66.8 Å². The summed E-state index contributed by atoms with van der Waals surface area (Å²) in [6, 6.07) is 0. The minimum atomic E-state index is -4.72. The van der Waals surface area contributed by atoms with Gasteiger partial charge in [0.2, 0.25) is 0 Å². The van der Waals surface area contributed by atoms with E-state index in [-0.39, 0.29) is 0 Å². The first kappa shape index (κ1) is 16.6. The van der Waals surface area contributed by atoms with E-state index in [4.69, 9.17) is 9.84 Å². The van der Waals surface area contributed by atoms with E-state index >= 15 is 0 Å². The molecular formula is C12H18F3NO4. The molecule has 1 amide bonds. The molecule has 8 heteroatoms. The predicted molar refractivity (Wildman–Crippen MR) is 63.1 cm³/mol. The molecule has 20 heavy (non-hydrogen) atoms. The van der Waals surface area contributed by atoms with E-state index in [9.17, 15) is 22.8 Å². The molecule has 1 rings (SSSR count). The molecule has 1 aliphatic heterocycles. The van der Waals surface area contributed by atoms with Crippen LogP contribution in [0.1, 0.15) is 27.7 Å². The highest BCUT2D eigenvalue weighted by molar-refractivity contribution is 5.75. The van der Waals surface area contributed by atoms with Gasteiger partial charge in [0.1, 0.15) is 5.60 Å². The Hall–Kier alpha value is -1.47. The van der Waals surface area contributed by atoms with E-state index in [1.165, 1.54) is 0 Å². The van der Waals surface area contributed by atoms with Crippen molar-refractivity contribution in [2.45, 2.75) is 39.5 Å². The van der Waals surface area contributed by atoms with Crippen LogP contribution >= 0.6 is 0 Å². The number of ether oxygens (including phenoxy) is 1. The number of halogens is 3. The average Bonchev–Trinajstić information content (AvgIpc) is 2.54. The van der Waals surface area contributed by atoms with Crippen molar-refractivity contribution >= 4 is 12.1 Å². The zero-order chi connectivity index (χ0) is 15.9. The van der Waals surface area contributed by atoms with Gasteiger partial charge in [-0.2, -0.15) is 13.2 Å². The maximum absolute atomic E-state index is 13.1. The summed E-state index contributed by atoms with van der Waals surface area (Å²) in [6.45, 7) is 4.33. The van der Waals surface area contributed by atoms with Gasteiger partial charge in [0.15, 0.2) is 0 Å². The van der Waals surface area contributed by atoms with Crippen LogP contribution in [0.4, 0.5) is 18.0 Å². The van der Waals surface area contributed by atoms with E-state index in [2.05, 4.69) is 0 Å². The van der Waals surface area contributed by atoms with Crippen LogP contribution in [0, 0.1) is 11.3 Å². The third kappa shape index (κ3) is 3.16. The molecule has 5 nitrogen and oxygen atoms in total. The van der Waals surface area contributed by atoms with Crippen LogP contribution in [0.15, 0.2) is 0 Å². The second-order valence-electron chi connectivity index (χ2n) is 6.17. The Morgan fingerprint density at radius 2 is 1.80 bits per heavy atom. The minimum absolute atomic E-state index is 0.514. The lowest BCUT2D eigenvalue weighted by atomic mass is 9.79. The first-order chi connectivity index (χ1) is 8.78. The molecule has 0 aromatic heterocycles. The van der Waals surface area contributed by atoms with Crippen molar-refractivity contribution in [1.82, 2.24) is 4.90 Å². The number of carbonyl (C=O) groups excluding carboxylic acids is 1. The molecule has 1 fully saturated rings. The van der Waals surface area contributed by atoms with Gasteiger partial charge in [-0.25, -0.2) is 4.79 Å². The predicted octanol–water partition coefficient (Wildman–Crippen LogP) is 2.51. The molecule has 1 saturated heterocycles. The Labute approximate surface area is 114 Å². The lowest BCUT2D eigenvalue weighted by Gasteiger charge is -2.30. The highest BCUT2D eigenvalue weighted by Gasteiger charge is 2.63. The second kappa shape index (κ2) is 4.82. The van der Waals surface area contributed by atoms with Crippen LogP contribution in [0.2, 0.25) is 0 Å². The summed E-state index contributed by atoms with van der Waals surface area (Å²) in [5.41, 5.74) is -3.33. The number of carboxylic acids is 1. The van der Waals surface area contributed by atoms with Crippen molar-refractivity contribution in [3.8, 4) is 0 Å². The third-order valence-corrected chi connectivity index (χ3v) is 3.29. The SMILES string of the molecule is CC(C)(C)OC(=O)N1CC(C(=O)O)C(C)(C(F)(F)F)C1. The Morgan fingerprint density at radius 3 is 2.10 bits per heavy atom. The zero-order valence-electron chi connectivity index (χ0n) is 11.7. The average molecular weight is 297 g/mol. The fraction of sp³-hybridized carbons (Fsp3) is 0.833. The van der Waals surface area contributed by atoms with Crippen molar-refractivity contribution < 1.29 is 32.6 Å². The molecule has 0 aliphatic carbocycles. The normalized spacial score (nSPS) is 27.6. The molecule has 0 saturated carbocycles. The van der Waals surface area contributed by atoms with E-state index in [1.54, 1.807) is 20.8 Å². The molecule has 2 atom stereocenters. The maximum Gasteiger partial charge on any atom is 0.410 e. The molecule has 0 aromatic carbocycles. The van der Waals surface area contributed by atoms with Crippen molar-refractivity contribution in [2.24, 2.45) is 11.3 Å². The summed E-state index contributed by atoms with van der Waals surface area (Å²) in [4.78, 5) is 23.6. The first-order valence-corrected chi connectivity index (χ1v) is 6.05. The van der Waals surface area contributed by atoms with Crippen molar-refractivity contribution in [2.75, 3.05) is 13.1 Å². The number of likely N-dealkylation sites (tertiary alicyclic amines) is 1. The molecule has 2 unspecified atom stereocenters. The largest absolute Gasteiger partial charge is 0.481 e. The van der Waals surface area contributed by atoms with Gasteiger partial charge in [-0.3, -0.25) is 4.79 Å². The monoisotopic (exact) mass is 297 g/mol. The van der Waals surface area contributed by atoms with Crippen molar-refractivity contribution in [3.63, 3.8) is 0 Å². The quantitative estimate of drug-likeness (QED) is 0.807. The van der Waals surface area contributed by atoms with E-state index in [0.717, 1.165) is 11.8 Å². The summed E-state index contributed by atoms with van der Waals surface area (Å²) >= 11 is 0. The van der Waals surface area contributed by atoms with Gasteiger partial charge in [-0.1, -0.05) is 0 Å². The first-order valence-electron chi connectivity index (χ1n) is 6.05. The van der Waals surface area contributed by atoms with E-state index in [0.29, 0.717) is 0 Å². The maximum atomic E-state index is 13.1. The second-order valence-corrected chi connectivity index (χ2v) is 6.17. The van der Waals surface area contributed by atoms with Crippen LogP contribution in [-0.2, 0) is 9.53 Å². The van der Waals surface area contributed by atoms with Gasteiger partial charge in [0.05, 0.1) is 11.3 Å². The van der Waals surface area contributed by atoms with Gasteiger partial charge in [-0.15, -0.1) is 0 Å². The van der Waals surface area contributed by atoms with Gasteiger partial charge in [0.25, 0.3) is 0 Å². The number of nitrogens with zero attached hydrogens (tertiary/aromatic N) is 1. The molecule has 0 radical (unpaired) electrons. The van der Waals surface area contributed by atoms with Gasteiger partial charge < -0.3 is 14.7 Å². The highest BCUT2D eigenvalue weighted by Crippen LogP contribution is 2.48. The lowest BCUT2D eigenvalue weighted by molar-refractivity contribution is -0.228. The molecule has 1 N–H and O–H groups in total.